The molecule has 0 unspecified atom stereocenters. The highest BCUT2D eigenvalue weighted by Gasteiger charge is 2.34. The van der Waals surface area contributed by atoms with Crippen LogP contribution in [0.4, 0.5) is 0 Å². The zero-order valence-electron chi connectivity index (χ0n) is 19.6. The van der Waals surface area contributed by atoms with Crippen molar-refractivity contribution in [1.82, 2.24) is 4.90 Å². The second-order valence-corrected chi connectivity index (χ2v) is 10.6. The number of methoxy groups -OCH3 is 1. The molecule has 2 aromatic carbocycles. The van der Waals surface area contributed by atoms with E-state index in [1.165, 1.54) is 35.2 Å². The molecular weight excluding hydrogens is 508 g/mol. The van der Waals surface area contributed by atoms with Gasteiger partial charge >= 0.3 is 0 Å². The fraction of sp³-hybridized carbons (Fsp3) is 0.280. The summed E-state index contributed by atoms with van der Waals surface area (Å²) >= 11 is 6.85. The molecule has 0 saturated carbocycles. The van der Waals surface area contributed by atoms with E-state index in [4.69, 9.17) is 21.1 Å². The second-order valence-electron chi connectivity index (χ2n) is 7.58. The Morgan fingerprint density at radius 3 is 2.54 bits per heavy atom. The predicted octanol–water partition coefficient (Wildman–Crippen LogP) is 5.76. The number of thioether (sulfide) groups is 1. The van der Waals surface area contributed by atoms with Crippen LogP contribution in [-0.4, -0.2) is 44.7 Å². The molecule has 1 aliphatic rings. The van der Waals surface area contributed by atoms with Crippen LogP contribution in [-0.2, 0) is 14.8 Å². The maximum atomic E-state index is 13.1. The highest BCUT2D eigenvalue weighted by Crippen LogP contribution is 2.35. The van der Waals surface area contributed by atoms with E-state index in [1.807, 2.05) is 0 Å². The van der Waals surface area contributed by atoms with Gasteiger partial charge in [0.15, 0.2) is 16.7 Å². The molecule has 3 rings (SSSR count). The molecule has 2 aromatic rings. The largest absolute Gasteiger partial charge is 0.493 e. The molecule has 0 spiro atoms. The summed E-state index contributed by atoms with van der Waals surface area (Å²) in [5.74, 6) is 0.815. The zero-order valence-corrected chi connectivity index (χ0v) is 22.0. The van der Waals surface area contributed by atoms with Gasteiger partial charge in [0.2, 0.25) is 0 Å². The van der Waals surface area contributed by atoms with Crippen LogP contribution in [0.15, 0.2) is 69.3 Å². The maximum absolute atomic E-state index is 13.1. The molecule has 1 saturated heterocycles. The van der Waals surface area contributed by atoms with Crippen molar-refractivity contribution in [1.29, 1.82) is 0 Å². The number of benzene rings is 2. The van der Waals surface area contributed by atoms with Crippen LogP contribution in [0, 0.1) is 0 Å². The Hall–Kier alpha value is -2.75. The van der Waals surface area contributed by atoms with Gasteiger partial charge in [-0.3, -0.25) is 9.69 Å². The van der Waals surface area contributed by atoms with Crippen molar-refractivity contribution >= 4 is 50.5 Å². The number of halogens is 1. The second kappa shape index (κ2) is 12.3. The number of nitrogens with zero attached hydrogens (tertiary/aromatic N) is 2. The fourth-order valence-corrected chi connectivity index (χ4v) is 5.53. The van der Waals surface area contributed by atoms with Gasteiger partial charge in [-0.25, -0.2) is 0 Å². The molecule has 0 atom stereocenters. The molecular formula is C25H27ClN2O5S2. The van der Waals surface area contributed by atoms with Crippen LogP contribution < -0.4 is 9.47 Å². The Bertz CT molecular complexity index is 1240. The third-order valence-corrected chi connectivity index (χ3v) is 7.66. The normalized spacial score (nSPS) is 16.2. The van der Waals surface area contributed by atoms with Gasteiger partial charge in [0.05, 0.1) is 23.5 Å². The summed E-state index contributed by atoms with van der Waals surface area (Å²) in [6, 6.07) is 11.1. The summed E-state index contributed by atoms with van der Waals surface area (Å²) in [4.78, 5) is 14.7. The van der Waals surface area contributed by atoms with Crippen molar-refractivity contribution < 1.29 is 22.7 Å². The van der Waals surface area contributed by atoms with Crippen molar-refractivity contribution in [3.63, 3.8) is 0 Å². The van der Waals surface area contributed by atoms with E-state index in [1.54, 1.807) is 31.4 Å². The summed E-state index contributed by atoms with van der Waals surface area (Å²) in [5.41, 5.74) is 0.715. The van der Waals surface area contributed by atoms with Gasteiger partial charge in [-0.15, -0.1) is 11.0 Å². The first-order chi connectivity index (χ1) is 16.8. The number of amides is 1. The standard InChI is InChI=1S/C25H27ClN2O5S2/c1-4-6-7-15-33-22-16-18(8-13-21(22)32-3)17-23-24(29)28(14-5-2)25(34-23)27-35(30,31)20-11-9-19(26)10-12-20/h5,8-13,16-17H,2,4,6-7,14-15H2,1,3H3/b23-17-,27-25+. The first-order valence-corrected chi connectivity index (χ1v) is 13.7. The number of amidine groups is 1. The van der Waals surface area contributed by atoms with Crippen LogP contribution in [0.2, 0.25) is 5.02 Å². The molecule has 7 nitrogen and oxygen atoms in total. The summed E-state index contributed by atoms with van der Waals surface area (Å²) < 4.78 is 40.9. The van der Waals surface area contributed by atoms with Crippen LogP contribution >= 0.6 is 23.4 Å². The number of rotatable bonds is 11. The fourth-order valence-electron chi connectivity index (χ4n) is 3.21. The lowest BCUT2D eigenvalue weighted by Gasteiger charge is -2.12. The monoisotopic (exact) mass is 534 g/mol. The Balaban J connectivity index is 1.91. The number of carbonyl (C=O) groups is 1. The third-order valence-electron chi connectivity index (χ3n) is 5.00. The van der Waals surface area contributed by atoms with Crippen LogP contribution in [0.25, 0.3) is 6.08 Å². The van der Waals surface area contributed by atoms with Crippen molar-refractivity contribution in [3.05, 3.63) is 70.6 Å². The van der Waals surface area contributed by atoms with Gasteiger partial charge in [-0.05, 0) is 66.2 Å². The van der Waals surface area contributed by atoms with Gasteiger partial charge in [0.1, 0.15) is 0 Å². The Kier molecular flexibility index (Phi) is 9.42. The van der Waals surface area contributed by atoms with E-state index in [9.17, 15) is 13.2 Å². The Labute approximate surface area is 215 Å². The zero-order chi connectivity index (χ0) is 25.4. The van der Waals surface area contributed by atoms with E-state index in [0.717, 1.165) is 31.0 Å². The van der Waals surface area contributed by atoms with Gasteiger partial charge in [0.25, 0.3) is 15.9 Å². The number of hydrogen-bond acceptors (Lipinski definition) is 6. The molecule has 0 N–H and O–H groups in total. The van der Waals surface area contributed by atoms with E-state index >= 15 is 0 Å². The van der Waals surface area contributed by atoms with Gasteiger partial charge < -0.3 is 9.47 Å². The molecule has 0 bridgehead atoms. The molecule has 1 fully saturated rings. The molecule has 0 radical (unpaired) electrons. The minimum Gasteiger partial charge on any atom is -0.493 e. The average molecular weight is 535 g/mol. The molecule has 186 valence electrons. The summed E-state index contributed by atoms with van der Waals surface area (Å²) in [6.07, 6.45) is 6.28. The van der Waals surface area contributed by atoms with E-state index < -0.39 is 10.0 Å². The van der Waals surface area contributed by atoms with E-state index in [0.29, 0.717) is 33.6 Å². The quantitative estimate of drug-likeness (QED) is 0.207. The lowest BCUT2D eigenvalue weighted by molar-refractivity contribution is -0.121. The van der Waals surface area contributed by atoms with Crippen LogP contribution in [0.5, 0.6) is 11.5 Å². The van der Waals surface area contributed by atoms with E-state index in [-0.39, 0.29) is 22.5 Å². The first kappa shape index (κ1) is 26.8. The Morgan fingerprint density at radius 2 is 1.89 bits per heavy atom. The first-order valence-electron chi connectivity index (χ1n) is 11.0. The van der Waals surface area contributed by atoms with Gasteiger partial charge in [-0.2, -0.15) is 8.42 Å². The number of ether oxygens (including phenoxy) is 2. The lowest BCUT2D eigenvalue weighted by atomic mass is 10.2. The molecule has 1 amide bonds. The Morgan fingerprint density at radius 1 is 1.14 bits per heavy atom. The SMILES string of the molecule is C=CCN1C(=O)/C(=C/c2ccc(OC)c(OCCCCC)c2)S/C1=N/S(=O)(=O)c1ccc(Cl)cc1. The summed E-state index contributed by atoms with van der Waals surface area (Å²) in [6.45, 7) is 6.47. The average Bonchev–Trinajstić information content (AvgIpc) is 3.11. The molecule has 10 heteroatoms. The molecule has 35 heavy (non-hydrogen) atoms. The maximum Gasteiger partial charge on any atom is 0.284 e. The number of hydrogen-bond donors (Lipinski definition) is 0. The minimum atomic E-state index is -4.05. The highest BCUT2D eigenvalue weighted by molar-refractivity contribution is 8.19. The van der Waals surface area contributed by atoms with Crippen molar-refractivity contribution in [2.75, 3.05) is 20.3 Å². The lowest BCUT2D eigenvalue weighted by Crippen LogP contribution is -2.29. The number of sulfonamides is 1. The molecule has 0 aliphatic carbocycles. The smallest absolute Gasteiger partial charge is 0.284 e. The van der Waals surface area contributed by atoms with Gasteiger partial charge in [0, 0.05) is 11.6 Å². The number of carbonyl (C=O) groups excluding carboxylic acids is 1. The molecule has 1 heterocycles. The van der Waals surface area contributed by atoms with Crippen molar-refractivity contribution in [2.45, 2.75) is 31.1 Å². The van der Waals surface area contributed by atoms with Crippen molar-refractivity contribution in [3.8, 4) is 11.5 Å². The van der Waals surface area contributed by atoms with E-state index in [2.05, 4.69) is 17.9 Å². The topological polar surface area (TPSA) is 85.3 Å². The van der Waals surface area contributed by atoms with Crippen LogP contribution in [0.1, 0.15) is 31.7 Å². The minimum absolute atomic E-state index is 0.0153. The third kappa shape index (κ3) is 6.90. The summed E-state index contributed by atoms with van der Waals surface area (Å²) in [5, 5.41) is 0.467. The van der Waals surface area contributed by atoms with Crippen LogP contribution in [0.3, 0.4) is 0 Å². The summed E-state index contributed by atoms with van der Waals surface area (Å²) in [7, 11) is -2.48. The molecule has 0 aromatic heterocycles. The molecule has 1 aliphatic heterocycles. The predicted molar refractivity (Wildman–Crippen MR) is 142 cm³/mol. The van der Waals surface area contributed by atoms with Crippen molar-refractivity contribution in [2.24, 2.45) is 4.40 Å². The number of unbranched alkanes of at least 4 members (excludes halogenated alkanes) is 2. The van der Waals surface area contributed by atoms with Gasteiger partial charge in [-0.1, -0.05) is 43.5 Å². The highest BCUT2D eigenvalue weighted by atomic mass is 35.5.